The van der Waals surface area contributed by atoms with Gasteiger partial charge in [-0.15, -0.1) is 0 Å². The monoisotopic (exact) mass is 135 g/mol. The third kappa shape index (κ3) is 3.12. The molecule has 0 heterocycles. The van der Waals surface area contributed by atoms with Crippen molar-refractivity contribution in [2.75, 3.05) is 0 Å². The van der Waals surface area contributed by atoms with Crippen LogP contribution in [0, 0.1) is 0 Å². The van der Waals surface area contributed by atoms with Gasteiger partial charge in [0.1, 0.15) is 0 Å². The lowest BCUT2D eigenvalue weighted by Gasteiger charge is -2.04. The first-order valence-electron chi connectivity index (χ1n) is 2.69. The fourth-order valence-corrected chi connectivity index (χ4v) is 1.22. The zero-order chi connectivity index (χ0) is 5.86. The van der Waals surface area contributed by atoms with Crippen LogP contribution in [0.1, 0.15) is 20.8 Å². The van der Waals surface area contributed by atoms with Crippen molar-refractivity contribution < 1.29 is 0 Å². The first-order valence-corrected chi connectivity index (χ1v) is 5.49. The number of hydrogen-bond acceptors (Lipinski definition) is 0. The predicted molar refractivity (Wildman–Crippen MR) is 37.2 cm³/mol. The van der Waals surface area contributed by atoms with Crippen LogP contribution in [-0.2, 0) is 0 Å². The predicted octanol–water partition coefficient (Wildman–Crippen LogP) is 2.65. The number of rotatable bonds is 2. The van der Waals surface area contributed by atoms with Crippen molar-refractivity contribution in [2.45, 2.75) is 32.4 Å². The minimum atomic E-state index is -0.474. The average molecular weight is 136 g/mol. The SMILES string of the molecule is CC[Si](Cl)C(C)C. The van der Waals surface area contributed by atoms with Gasteiger partial charge in [-0.25, -0.2) is 0 Å². The van der Waals surface area contributed by atoms with E-state index in [1.165, 1.54) is 6.04 Å². The quantitative estimate of drug-likeness (QED) is 0.404. The Hall–Kier alpha value is 0.507. The molecule has 43 valence electrons. The van der Waals surface area contributed by atoms with Crippen molar-refractivity contribution in [1.29, 1.82) is 0 Å². The second kappa shape index (κ2) is 3.50. The van der Waals surface area contributed by atoms with E-state index in [1.807, 2.05) is 0 Å². The molecule has 0 bridgehead atoms. The van der Waals surface area contributed by atoms with E-state index in [1.54, 1.807) is 0 Å². The molecule has 0 fully saturated rings. The highest BCUT2D eigenvalue weighted by molar-refractivity contribution is 7.07. The van der Waals surface area contributed by atoms with Crippen molar-refractivity contribution in [3.8, 4) is 0 Å². The van der Waals surface area contributed by atoms with Gasteiger partial charge >= 0.3 is 0 Å². The average Bonchev–Trinajstić information content (AvgIpc) is 1.65. The molecule has 0 N–H and O–H groups in total. The molecule has 0 aromatic carbocycles. The molecule has 0 aliphatic rings. The van der Waals surface area contributed by atoms with Gasteiger partial charge in [-0.3, -0.25) is 0 Å². The fraction of sp³-hybridized carbons (Fsp3) is 1.00. The second-order valence-corrected chi connectivity index (χ2v) is 6.17. The van der Waals surface area contributed by atoms with E-state index in [4.69, 9.17) is 11.1 Å². The Balaban J connectivity index is 3.14. The zero-order valence-electron chi connectivity index (χ0n) is 5.16. The van der Waals surface area contributed by atoms with E-state index in [0.29, 0.717) is 0 Å². The van der Waals surface area contributed by atoms with Crippen LogP contribution < -0.4 is 0 Å². The van der Waals surface area contributed by atoms with Crippen molar-refractivity contribution >= 4 is 19.2 Å². The Morgan fingerprint density at radius 1 is 1.57 bits per heavy atom. The number of halogens is 1. The fourth-order valence-electron chi connectivity index (χ4n) is 0.408. The Labute approximate surface area is 52.2 Å². The highest BCUT2D eigenvalue weighted by atomic mass is 35.6. The van der Waals surface area contributed by atoms with E-state index in [-0.39, 0.29) is 0 Å². The Kier molecular flexibility index (Phi) is 3.76. The summed E-state index contributed by atoms with van der Waals surface area (Å²) in [7, 11) is -0.474. The van der Waals surface area contributed by atoms with Crippen LogP contribution >= 0.6 is 11.1 Å². The maximum atomic E-state index is 5.90. The molecule has 1 radical (unpaired) electrons. The first kappa shape index (κ1) is 7.51. The molecule has 2 heteroatoms. The Bertz CT molecular complexity index is 45.3. The lowest BCUT2D eigenvalue weighted by Crippen LogP contribution is -2.04. The third-order valence-corrected chi connectivity index (χ3v) is 5.00. The summed E-state index contributed by atoms with van der Waals surface area (Å²) in [6.07, 6.45) is 0. The van der Waals surface area contributed by atoms with Crippen molar-refractivity contribution in [3.05, 3.63) is 0 Å². The minimum Gasteiger partial charge on any atom is -0.169 e. The van der Waals surface area contributed by atoms with Gasteiger partial charge < -0.3 is 0 Å². The second-order valence-electron chi connectivity index (χ2n) is 1.96. The largest absolute Gasteiger partial charge is 0.169 e. The summed E-state index contributed by atoms with van der Waals surface area (Å²) in [5.41, 5.74) is 0.733. The maximum absolute atomic E-state index is 5.90. The Morgan fingerprint density at radius 2 is 2.00 bits per heavy atom. The van der Waals surface area contributed by atoms with Crippen LogP contribution in [0.2, 0.25) is 11.6 Å². The van der Waals surface area contributed by atoms with Crippen molar-refractivity contribution in [2.24, 2.45) is 0 Å². The molecule has 0 atom stereocenters. The van der Waals surface area contributed by atoms with Crippen LogP contribution in [0.25, 0.3) is 0 Å². The summed E-state index contributed by atoms with van der Waals surface area (Å²) >= 11 is 5.90. The maximum Gasteiger partial charge on any atom is 0.167 e. The lowest BCUT2D eigenvalue weighted by atomic mass is 10.6. The summed E-state index contributed by atoms with van der Waals surface area (Å²) in [4.78, 5) is 0. The zero-order valence-corrected chi connectivity index (χ0v) is 6.92. The minimum absolute atomic E-state index is 0.474. The molecular formula is C5H12ClSi. The van der Waals surface area contributed by atoms with Crippen LogP contribution in [0.5, 0.6) is 0 Å². The molecule has 0 aliphatic heterocycles. The Morgan fingerprint density at radius 3 is 2.00 bits per heavy atom. The summed E-state index contributed by atoms with van der Waals surface area (Å²) < 4.78 is 0. The molecule has 0 aliphatic carbocycles. The molecule has 0 unspecified atom stereocenters. The van der Waals surface area contributed by atoms with Gasteiger partial charge in [-0.05, 0) is 11.6 Å². The standard InChI is InChI=1S/C5H12ClSi/c1-4-7(6)5(2)3/h5H,4H2,1-3H3. The molecule has 7 heavy (non-hydrogen) atoms. The normalized spacial score (nSPS) is 11.1. The van der Waals surface area contributed by atoms with Crippen LogP contribution in [0.4, 0.5) is 0 Å². The molecule has 0 aromatic rings. The topological polar surface area (TPSA) is 0 Å². The van der Waals surface area contributed by atoms with E-state index in [0.717, 1.165) is 5.54 Å². The molecule has 0 nitrogen and oxygen atoms in total. The smallest absolute Gasteiger partial charge is 0.167 e. The summed E-state index contributed by atoms with van der Waals surface area (Å²) in [5.74, 6) is 0. The van der Waals surface area contributed by atoms with Gasteiger partial charge in [0, 0.05) is 0 Å². The highest BCUT2D eigenvalue weighted by Crippen LogP contribution is 2.13. The lowest BCUT2D eigenvalue weighted by molar-refractivity contribution is 1.04. The molecule has 0 amide bonds. The van der Waals surface area contributed by atoms with E-state index < -0.39 is 8.11 Å². The highest BCUT2D eigenvalue weighted by Gasteiger charge is 2.07. The van der Waals surface area contributed by atoms with Crippen LogP contribution in [-0.4, -0.2) is 8.11 Å². The van der Waals surface area contributed by atoms with Crippen molar-refractivity contribution in [3.63, 3.8) is 0 Å². The third-order valence-electron chi connectivity index (χ3n) is 0.964. The van der Waals surface area contributed by atoms with Gasteiger partial charge in [0.05, 0.1) is 0 Å². The first-order chi connectivity index (χ1) is 3.18. The van der Waals surface area contributed by atoms with Gasteiger partial charge in [-0.1, -0.05) is 20.8 Å². The molecule has 0 rings (SSSR count). The van der Waals surface area contributed by atoms with Crippen LogP contribution in [0.15, 0.2) is 0 Å². The van der Waals surface area contributed by atoms with Gasteiger partial charge in [0.25, 0.3) is 0 Å². The van der Waals surface area contributed by atoms with Gasteiger partial charge in [0.2, 0.25) is 0 Å². The van der Waals surface area contributed by atoms with E-state index in [2.05, 4.69) is 20.8 Å². The molecule has 0 saturated heterocycles. The molecule has 0 spiro atoms. The van der Waals surface area contributed by atoms with E-state index in [9.17, 15) is 0 Å². The van der Waals surface area contributed by atoms with Gasteiger partial charge in [-0.2, -0.15) is 11.1 Å². The summed E-state index contributed by atoms with van der Waals surface area (Å²) in [6, 6.07) is 1.18. The summed E-state index contributed by atoms with van der Waals surface area (Å²) in [5, 5.41) is 0. The van der Waals surface area contributed by atoms with Crippen LogP contribution in [0.3, 0.4) is 0 Å². The number of hydrogen-bond donors (Lipinski definition) is 0. The molecular weight excluding hydrogens is 124 g/mol. The van der Waals surface area contributed by atoms with Crippen molar-refractivity contribution in [1.82, 2.24) is 0 Å². The van der Waals surface area contributed by atoms with E-state index >= 15 is 0 Å². The molecule has 0 saturated carbocycles. The van der Waals surface area contributed by atoms with Gasteiger partial charge in [0.15, 0.2) is 8.11 Å². The molecule has 0 aromatic heterocycles. The summed E-state index contributed by atoms with van der Waals surface area (Å²) in [6.45, 7) is 6.52.